The molecule has 106 valence electrons. The Morgan fingerprint density at radius 2 is 2.11 bits per heavy atom. The van der Waals surface area contributed by atoms with E-state index in [1.807, 2.05) is 12.3 Å². The molecular formula is C16H27N3. The van der Waals surface area contributed by atoms with Crippen LogP contribution in [0.2, 0.25) is 0 Å². The molecule has 1 aliphatic heterocycles. The van der Waals surface area contributed by atoms with Crippen molar-refractivity contribution >= 4 is 5.82 Å². The van der Waals surface area contributed by atoms with Crippen LogP contribution in [0.25, 0.3) is 0 Å². The van der Waals surface area contributed by atoms with Gasteiger partial charge in [0.25, 0.3) is 0 Å². The maximum absolute atomic E-state index is 4.61. The van der Waals surface area contributed by atoms with E-state index in [1.165, 1.54) is 50.2 Å². The Labute approximate surface area is 117 Å². The van der Waals surface area contributed by atoms with E-state index in [-0.39, 0.29) is 0 Å². The highest BCUT2D eigenvalue weighted by Gasteiger charge is 2.20. The lowest BCUT2D eigenvalue weighted by atomic mass is 9.92. The van der Waals surface area contributed by atoms with Crippen molar-refractivity contribution in [1.29, 1.82) is 0 Å². The van der Waals surface area contributed by atoms with Gasteiger partial charge in [-0.25, -0.2) is 4.98 Å². The number of pyridine rings is 1. The van der Waals surface area contributed by atoms with Crippen LogP contribution in [0, 0.1) is 5.92 Å². The van der Waals surface area contributed by atoms with Gasteiger partial charge in [0.1, 0.15) is 5.82 Å². The van der Waals surface area contributed by atoms with E-state index in [0.29, 0.717) is 0 Å². The van der Waals surface area contributed by atoms with Crippen molar-refractivity contribution in [2.75, 3.05) is 24.5 Å². The van der Waals surface area contributed by atoms with Crippen LogP contribution in [-0.2, 0) is 6.54 Å². The van der Waals surface area contributed by atoms with E-state index in [1.54, 1.807) is 0 Å². The number of hydrogen-bond acceptors (Lipinski definition) is 3. The highest BCUT2D eigenvalue weighted by atomic mass is 15.2. The minimum atomic E-state index is 0.925. The number of hydrogen-bond donors (Lipinski definition) is 1. The van der Waals surface area contributed by atoms with Gasteiger partial charge in [0.05, 0.1) is 0 Å². The summed E-state index contributed by atoms with van der Waals surface area (Å²) in [6.45, 7) is 8.70. The topological polar surface area (TPSA) is 28.2 Å². The van der Waals surface area contributed by atoms with Crippen LogP contribution in [0.3, 0.4) is 0 Å². The quantitative estimate of drug-likeness (QED) is 0.852. The molecule has 2 rings (SSSR count). The summed E-state index contributed by atoms with van der Waals surface area (Å²) in [4.78, 5) is 7.08. The van der Waals surface area contributed by atoms with E-state index < -0.39 is 0 Å². The first-order valence-corrected chi connectivity index (χ1v) is 7.74. The van der Waals surface area contributed by atoms with Gasteiger partial charge in [-0.3, -0.25) is 0 Å². The maximum atomic E-state index is 4.61. The SMILES string of the molecule is CCCC1CCN(c2ncccc2CNCC)CC1. The molecule has 0 saturated carbocycles. The Morgan fingerprint density at radius 1 is 1.32 bits per heavy atom. The van der Waals surface area contributed by atoms with E-state index >= 15 is 0 Å². The molecule has 0 spiro atoms. The van der Waals surface area contributed by atoms with Gasteiger partial charge >= 0.3 is 0 Å². The van der Waals surface area contributed by atoms with Gasteiger partial charge in [-0.2, -0.15) is 0 Å². The maximum Gasteiger partial charge on any atom is 0.133 e. The number of rotatable bonds is 6. The minimum Gasteiger partial charge on any atom is -0.356 e. The van der Waals surface area contributed by atoms with Crippen molar-refractivity contribution in [3.8, 4) is 0 Å². The lowest BCUT2D eigenvalue weighted by Crippen LogP contribution is -2.35. The highest BCUT2D eigenvalue weighted by molar-refractivity contribution is 5.47. The summed E-state index contributed by atoms with van der Waals surface area (Å²) in [5.74, 6) is 2.13. The molecule has 1 aromatic rings. The van der Waals surface area contributed by atoms with Crippen LogP contribution < -0.4 is 10.2 Å². The number of anilines is 1. The normalized spacial score (nSPS) is 16.8. The zero-order valence-electron chi connectivity index (χ0n) is 12.4. The predicted molar refractivity (Wildman–Crippen MR) is 81.5 cm³/mol. The van der Waals surface area contributed by atoms with Gasteiger partial charge in [0.15, 0.2) is 0 Å². The molecule has 3 heteroatoms. The lowest BCUT2D eigenvalue weighted by molar-refractivity contribution is 0.377. The van der Waals surface area contributed by atoms with Gasteiger partial charge in [-0.15, -0.1) is 0 Å². The fourth-order valence-corrected chi connectivity index (χ4v) is 2.95. The van der Waals surface area contributed by atoms with Crippen molar-refractivity contribution < 1.29 is 0 Å². The van der Waals surface area contributed by atoms with Crippen molar-refractivity contribution in [3.05, 3.63) is 23.9 Å². The highest BCUT2D eigenvalue weighted by Crippen LogP contribution is 2.26. The van der Waals surface area contributed by atoms with E-state index in [9.17, 15) is 0 Å². The summed E-state index contributed by atoms with van der Waals surface area (Å²) >= 11 is 0. The second kappa shape index (κ2) is 7.49. The Kier molecular flexibility index (Phi) is 5.64. The summed E-state index contributed by atoms with van der Waals surface area (Å²) in [7, 11) is 0. The van der Waals surface area contributed by atoms with Crippen LogP contribution in [0.5, 0.6) is 0 Å². The summed E-state index contributed by atoms with van der Waals surface area (Å²) in [5.41, 5.74) is 1.33. The summed E-state index contributed by atoms with van der Waals surface area (Å²) < 4.78 is 0. The molecule has 1 aromatic heterocycles. The molecule has 1 aliphatic rings. The number of piperidine rings is 1. The van der Waals surface area contributed by atoms with Crippen molar-refractivity contribution in [1.82, 2.24) is 10.3 Å². The van der Waals surface area contributed by atoms with Gasteiger partial charge in [-0.1, -0.05) is 32.8 Å². The smallest absolute Gasteiger partial charge is 0.133 e. The summed E-state index contributed by atoms with van der Waals surface area (Å²) in [6.07, 6.45) is 7.28. The third-order valence-corrected chi connectivity index (χ3v) is 4.04. The molecule has 0 amide bonds. The van der Waals surface area contributed by atoms with Gasteiger partial charge in [0, 0.05) is 31.4 Å². The first kappa shape index (κ1) is 14.3. The molecule has 2 heterocycles. The van der Waals surface area contributed by atoms with E-state index in [2.05, 4.69) is 35.1 Å². The second-order valence-corrected chi connectivity index (χ2v) is 5.49. The van der Waals surface area contributed by atoms with Crippen molar-refractivity contribution in [3.63, 3.8) is 0 Å². The lowest BCUT2D eigenvalue weighted by Gasteiger charge is -2.33. The van der Waals surface area contributed by atoms with Crippen LogP contribution in [0.15, 0.2) is 18.3 Å². The first-order chi connectivity index (χ1) is 9.35. The molecule has 1 fully saturated rings. The van der Waals surface area contributed by atoms with Crippen molar-refractivity contribution in [2.45, 2.75) is 46.1 Å². The Bertz CT molecular complexity index is 370. The van der Waals surface area contributed by atoms with Gasteiger partial charge in [0.2, 0.25) is 0 Å². The van der Waals surface area contributed by atoms with E-state index in [4.69, 9.17) is 0 Å². The molecule has 0 radical (unpaired) electrons. The third-order valence-electron chi connectivity index (χ3n) is 4.04. The van der Waals surface area contributed by atoms with Crippen LogP contribution in [0.1, 0.15) is 45.1 Å². The fourth-order valence-electron chi connectivity index (χ4n) is 2.95. The predicted octanol–water partition coefficient (Wildman–Crippen LogP) is 3.21. The van der Waals surface area contributed by atoms with Crippen molar-refractivity contribution in [2.24, 2.45) is 5.92 Å². The standard InChI is InChI=1S/C16H27N3/c1-3-6-14-8-11-19(12-9-14)16-15(13-17-4-2)7-5-10-18-16/h5,7,10,14,17H,3-4,6,8-9,11-13H2,1-2H3. The average Bonchev–Trinajstić information content (AvgIpc) is 2.47. The molecule has 0 aliphatic carbocycles. The summed E-state index contributed by atoms with van der Waals surface area (Å²) in [5, 5.41) is 3.41. The Hall–Kier alpha value is -1.09. The molecule has 3 nitrogen and oxygen atoms in total. The Balaban J connectivity index is 1.98. The van der Waals surface area contributed by atoms with Crippen LogP contribution in [0.4, 0.5) is 5.82 Å². The molecule has 1 saturated heterocycles. The molecule has 19 heavy (non-hydrogen) atoms. The molecular weight excluding hydrogens is 234 g/mol. The van der Waals surface area contributed by atoms with E-state index in [0.717, 1.165) is 19.0 Å². The van der Waals surface area contributed by atoms with Gasteiger partial charge in [-0.05, 0) is 31.4 Å². The second-order valence-electron chi connectivity index (χ2n) is 5.49. The zero-order valence-corrected chi connectivity index (χ0v) is 12.4. The van der Waals surface area contributed by atoms with Crippen LogP contribution in [-0.4, -0.2) is 24.6 Å². The average molecular weight is 261 g/mol. The molecule has 0 bridgehead atoms. The monoisotopic (exact) mass is 261 g/mol. The number of aromatic nitrogens is 1. The molecule has 0 unspecified atom stereocenters. The molecule has 0 aromatic carbocycles. The first-order valence-electron chi connectivity index (χ1n) is 7.74. The Morgan fingerprint density at radius 3 is 2.79 bits per heavy atom. The minimum absolute atomic E-state index is 0.925. The molecule has 1 N–H and O–H groups in total. The fraction of sp³-hybridized carbons (Fsp3) is 0.688. The van der Waals surface area contributed by atoms with Gasteiger partial charge < -0.3 is 10.2 Å². The number of nitrogens with one attached hydrogen (secondary N) is 1. The number of nitrogens with zero attached hydrogens (tertiary/aromatic N) is 2. The molecule has 0 atom stereocenters. The zero-order chi connectivity index (χ0) is 13.5. The summed E-state index contributed by atoms with van der Waals surface area (Å²) in [6, 6.07) is 4.24. The van der Waals surface area contributed by atoms with Crippen LogP contribution >= 0.6 is 0 Å². The largest absolute Gasteiger partial charge is 0.356 e. The third kappa shape index (κ3) is 3.93.